The average Bonchev–Trinajstić information content (AvgIpc) is 2.35. The van der Waals surface area contributed by atoms with Crippen LogP contribution in [0.5, 0.6) is 0 Å². The van der Waals surface area contributed by atoms with Crippen molar-refractivity contribution >= 4 is 22.3 Å². The zero-order chi connectivity index (χ0) is 12.3. The molecule has 5 nitrogen and oxygen atoms in total. The number of hydrogen-bond donors (Lipinski definition) is 1. The van der Waals surface area contributed by atoms with E-state index in [1.807, 2.05) is 6.92 Å². The van der Waals surface area contributed by atoms with Gasteiger partial charge in [-0.1, -0.05) is 6.92 Å². The Labute approximate surface area is 98.6 Å². The van der Waals surface area contributed by atoms with Gasteiger partial charge in [0.1, 0.15) is 5.69 Å². The Bertz CT molecular complexity index is 554. The van der Waals surface area contributed by atoms with Gasteiger partial charge in [0.05, 0.1) is 15.8 Å². The standard InChI is InChI=1S/C12H13N3O2/c1-2-7-13-11-6-5-10-9(4-3-8-14-10)12(11)15(16)17/h3-6,8,13H,2,7H2,1H3. The van der Waals surface area contributed by atoms with Gasteiger partial charge in [-0.3, -0.25) is 15.1 Å². The summed E-state index contributed by atoms with van der Waals surface area (Å²) < 4.78 is 0. The molecule has 0 bridgehead atoms. The molecule has 1 aromatic carbocycles. The fourth-order valence-corrected chi connectivity index (χ4v) is 1.74. The van der Waals surface area contributed by atoms with Crippen molar-refractivity contribution in [1.82, 2.24) is 4.98 Å². The predicted molar refractivity (Wildman–Crippen MR) is 67.2 cm³/mol. The second-order valence-corrected chi connectivity index (χ2v) is 3.72. The van der Waals surface area contributed by atoms with Gasteiger partial charge in [0.25, 0.3) is 0 Å². The van der Waals surface area contributed by atoms with Crippen LogP contribution in [0.2, 0.25) is 0 Å². The molecule has 5 heteroatoms. The lowest BCUT2D eigenvalue weighted by atomic mass is 10.1. The number of nitrogens with zero attached hydrogens (tertiary/aromatic N) is 2. The highest BCUT2D eigenvalue weighted by atomic mass is 16.6. The van der Waals surface area contributed by atoms with E-state index in [0.29, 0.717) is 23.1 Å². The molecule has 0 saturated carbocycles. The molecule has 0 fully saturated rings. The van der Waals surface area contributed by atoms with Gasteiger partial charge in [0, 0.05) is 12.7 Å². The summed E-state index contributed by atoms with van der Waals surface area (Å²) in [5.41, 5.74) is 1.29. The number of aromatic nitrogens is 1. The zero-order valence-corrected chi connectivity index (χ0v) is 9.51. The van der Waals surface area contributed by atoms with Gasteiger partial charge in [0.15, 0.2) is 0 Å². The maximum Gasteiger partial charge on any atom is 0.301 e. The van der Waals surface area contributed by atoms with Gasteiger partial charge in [-0.2, -0.15) is 0 Å². The second kappa shape index (κ2) is 4.78. The number of benzene rings is 1. The molecule has 2 aromatic rings. The highest BCUT2D eigenvalue weighted by Crippen LogP contribution is 2.32. The molecular formula is C12H13N3O2. The number of anilines is 1. The van der Waals surface area contributed by atoms with Gasteiger partial charge in [-0.25, -0.2) is 0 Å². The van der Waals surface area contributed by atoms with Gasteiger partial charge in [0.2, 0.25) is 0 Å². The largest absolute Gasteiger partial charge is 0.379 e. The molecule has 1 aromatic heterocycles. The highest BCUT2D eigenvalue weighted by Gasteiger charge is 2.18. The zero-order valence-electron chi connectivity index (χ0n) is 9.51. The van der Waals surface area contributed by atoms with E-state index in [1.165, 1.54) is 0 Å². The fraction of sp³-hybridized carbons (Fsp3) is 0.250. The Morgan fingerprint density at radius 3 is 2.94 bits per heavy atom. The molecule has 1 N–H and O–H groups in total. The van der Waals surface area contributed by atoms with Crippen LogP contribution in [0, 0.1) is 10.1 Å². The SMILES string of the molecule is CCCNc1ccc2ncccc2c1[N+](=O)[O-]. The molecule has 0 atom stereocenters. The van der Waals surface area contributed by atoms with Crippen molar-refractivity contribution in [2.45, 2.75) is 13.3 Å². The molecule has 17 heavy (non-hydrogen) atoms. The molecule has 0 aliphatic rings. The summed E-state index contributed by atoms with van der Waals surface area (Å²) in [4.78, 5) is 14.9. The van der Waals surface area contributed by atoms with Crippen molar-refractivity contribution in [3.8, 4) is 0 Å². The first-order valence-corrected chi connectivity index (χ1v) is 5.50. The van der Waals surface area contributed by atoms with Crippen molar-refractivity contribution in [3.63, 3.8) is 0 Å². The van der Waals surface area contributed by atoms with Crippen LogP contribution in [0.1, 0.15) is 13.3 Å². The quantitative estimate of drug-likeness (QED) is 0.648. The Kier molecular flexibility index (Phi) is 3.18. The van der Waals surface area contributed by atoms with E-state index in [2.05, 4.69) is 10.3 Å². The Balaban J connectivity index is 2.60. The van der Waals surface area contributed by atoms with E-state index in [9.17, 15) is 10.1 Å². The summed E-state index contributed by atoms with van der Waals surface area (Å²) in [6.45, 7) is 2.73. The number of rotatable bonds is 4. The maximum atomic E-state index is 11.1. The minimum absolute atomic E-state index is 0.101. The number of nitro benzene ring substituents is 1. The van der Waals surface area contributed by atoms with E-state index in [0.717, 1.165) is 6.42 Å². The minimum atomic E-state index is -0.359. The fourth-order valence-electron chi connectivity index (χ4n) is 1.74. The number of hydrogen-bond acceptors (Lipinski definition) is 4. The third kappa shape index (κ3) is 2.18. The van der Waals surface area contributed by atoms with Crippen LogP contribution in [-0.2, 0) is 0 Å². The minimum Gasteiger partial charge on any atom is -0.379 e. The molecule has 2 rings (SSSR count). The van der Waals surface area contributed by atoms with Crippen LogP contribution in [-0.4, -0.2) is 16.5 Å². The molecular weight excluding hydrogens is 218 g/mol. The molecule has 0 radical (unpaired) electrons. The monoisotopic (exact) mass is 231 g/mol. The Morgan fingerprint density at radius 2 is 2.24 bits per heavy atom. The second-order valence-electron chi connectivity index (χ2n) is 3.72. The predicted octanol–water partition coefficient (Wildman–Crippen LogP) is 2.96. The van der Waals surface area contributed by atoms with Gasteiger partial charge < -0.3 is 5.32 Å². The molecule has 0 aliphatic carbocycles. The van der Waals surface area contributed by atoms with Gasteiger partial charge in [-0.05, 0) is 30.7 Å². The van der Waals surface area contributed by atoms with Crippen molar-refractivity contribution in [2.24, 2.45) is 0 Å². The first-order chi connectivity index (χ1) is 8.24. The Hall–Kier alpha value is -2.17. The highest BCUT2D eigenvalue weighted by molar-refractivity contribution is 5.94. The third-order valence-electron chi connectivity index (χ3n) is 2.50. The van der Waals surface area contributed by atoms with Crippen LogP contribution in [0.25, 0.3) is 10.9 Å². The lowest BCUT2D eigenvalue weighted by molar-refractivity contribution is -0.382. The average molecular weight is 231 g/mol. The van der Waals surface area contributed by atoms with Crippen molar-refractivity contribution in [2.75, 3.05) is 11.9 Å². The van der Waals surface area contributed by atoms with E-state index < -0.39 is 0 Å². The summed E-state index contributed by atoms with van der Waals surface area (Å²) in [5.74, 6) is 0. The smallest absolute Gasteiger partial charge is 0.301 e. The van der Waals surface area contributed by atoms with E-state index in [1.54, 1.807) is 30.5 Å². The molecule has 0 spiro atoms. The molecule has 0 saturated heterocycles. The van der Waals surface area contributed by atoms with Crippen LogP contribution >= 0.6 is 0 Å². The molecule has 0 aliphatic heterocycles. The first-order valence-electron chi connectivity index (χ1n) is 5.50. The van der Waals surface area contributed by atoms with Crippen LogP contribution in [0.3, 0.4) is 0 Å². The van der Waals surface area contributed by atoms with E-state index >= 15 is 0 Å². The van der Waals surface area contributed by atoms with Gasteiger partial charge in [-0.15, -0.1) is 0 Å². The maximum absolute atomic E-state index is 11.1. The normalized spacial score (nSPS) is 10.4. The van der Waals surface area contributed by atoms with Crippen molar-refractivity contribution in [3.05, 3.63) is 40.6 Å². The van der Waals surface area contributed by atoms with Crippen molar-refractivity contribution in [1.29, 1.82) is 0 Å². The topological polar surface area (TPSA) is 68.1 Å². The summed E-state index contributed by atoms with van der Waals surface area (Å²) in [6, 6.07) is 6.93. The lowest BCUT2D eigenvalue weighted by Gasteiger charge is -2.07. The summed E-state index contributed by atoms with van der Waals surface area (Å²) in [7, 11) is 0. The lowest BCUT2D eigenvalue weighted by Crippen LogP contribution is -2.03. The summed E-state index contributed by atoms with van der Waals surface area (Å²) >= 11 is 0. The van der Waals surface area contributed by atoms with Crippen LogP contribution in [0.4, 0.5) is 11.4 Å². The third-order valence-corrected chi connectivity index (χ3v) is 2.50. The molecule has 0 amide bonds. The van der Waals surface area contributed by atoms with Crippen LogP contribution < -0.4 is 5.32 Å². The molecule has 1 heterocycles. The summed E-state index contributed by atoms with van der Waals surface area (Å²) in [5, 5.41) is 14.8. The number of pyridine rings is 1. The van der Waals surface area contributed by atoms with E-state index in [4.69, 9.17) is 0 Å². The first kappa shape index (κ1) is 11.3. The summed E-state index contributed by atoms with van der Waals surface area (Å²) in [6.07, 6.45) is 2.55. The molecule has 88 valence electrons. The number of fused-ring (bicyclic) bond motifs is 1. The number of nitrogens with one attached hydrogen (secondary N) is 1. The van der Waals surface area contributed by atoms with Crippen molar-refractivity contribution < 1.29 is 4.92 Å². The van der Waals surface area contributed by atoms with Crippen LogP contribution in [0.15, 0.2) is 30.5 Å². The van der Waals surface area contributed by atoms with Gasteiger partial charge >= 0.3 is 5.69 Å². The molecule has 0 unspecified atom stereocenters. The Morgan fingerprint density at radius 1 is 1.41 bits per heavy atom. The van der Waals surface area contributed by atoms with E-state index in [-0.39, 0.29) is 10.6 Å². The number of nitro groups is 1.